The van der Waals surface area contributed by atoms with Gasteiger partial charge in [0.15, 0.2) is 11.5 Å². The summed E-state index contributed by atoms with van der Waals surface area (Å²) in [6.07, 6.45) is 5.30. The molecule has 144 valence electrons. The zero-order valence-electron chi connectivity index (χ0n) is 16.0. The van der Waals surface area contributed by atoms with Crippen LogP contribution in [0.2, 0.25) is 0 Å². The molecule has 1 amide bonds. The summed E-state index contributed by atoms with van der Waals surface area (Å²) in [5.41, 5.74) is 2.81. The zero-order valence-corrected chi connectivity index (χ0v) is 16.0. The molecule has 4 rings (SSSR count). The molecule has 0 radical (unpaired) electrons. The Hall–Kier alpha value is -3.28. The van der Waals surface area contributed by atoms with Crippen LogP contribution in [0.15, 0.2) is 48.5 Å². The number of hydrogen-bond acceptors (Lipinski definition) is 4. The molecule has 2 heterocycles. The van der Waals surface area contributed by atoms with Crippen LogP contribution in [-0.4, -0.2) is 41.5 Å². The highest BCUT2D eigenvalue weighted by atomic mass is 16.5. The van der Waals surface area contributed by atoms with E-state index in [9.17, 15) is 4.79 Å². The molecule has 3 aromatic rings. The Labute approximate surface area is 163 Å². The number of para-hydroxylation sites is 2. The molecule has 0 bridgehead atoms. The van der Waals surface area contributed by atoms with Crippen LogP contribution in [-0.2, 0) is 4.79 Å². The molecule has 1 N–H and O–H groups in total. The molecular formula is C22H23N3O3. The minimum atomic E-state index is -0.0186. The Morgan fingerprint density at radius 2 is 2.00 bits per heavy atom. The zero-order chi connectivity index (χ0) is 19.5. The summed E-state index contributed by atoms with van der Waals surface area (Å²) < 4.78 is 10.6. The van der Waals surface area contributed by atoms with Gasteiger partial charge in [0.2, 0.25) is 5.91 Å². The topological polar surface area (TPSA) is 67.5 Å². The fraction of sp³-hybridized carbons (Fsp3) is 0.273. The minimum Gasteiger partial charge on any atom is -0.493 e. The van der Waals surface area contributed by atoms with Gasteiger partial charge >= 0.3 is 0 Å². The molecule has 0 spiro atoms. The van der Waals surface area contributed by atoms with Crippen molar-refractivity contribution < 1.29 is 14.3 Å². The second-order valence-corrected chi connectivity index (χ2v) is 6.78. The highest BCUT2D eigenvalue weighted by Gasteiger charge is 2.31. The number of aromatic amines is 1. The third-order valence-electron chi connectivity index (χ3n) is 5.09. The van der Waals surface area contributed by atoms with Crippen molar-refractivity contribution in [2.75, 3.05) is 20.8 Å². The van der Waals surface area contributed by atoms with E-state index in [0.29, 0.717) is 11.5 Å². The lowest BCUT2D eigenvalue weighted by Crippen LogP contribution is -2.29. The van der Waals surface area contributed by atoms with Crippen molar-refractivity contribution in [2.24, 2.45) is 0 Å². The number of aromatic nitrogens is 2. The third kappa shape index (κ3) is 3.45. The van der Waals surface area contributed by atoms with Crippen LogP contribution < -0.4 is 9.47 Å². The quantitative estimate of drug-likeness (QED) is 0.684. The summed E-state index contributed by atoms with van der Waals surface area (Å²) in [4.78, 5) is 22.8. The number of carbonyl (C=O) groups is 1. The number of benzene rings is 2. The smallest absolute Gasteiger partial charge is 0.247 e. The first-order valence-corrected chi connectivity index (χ1v) is 9.35. The number of nitrogens with one attached hydrogen (secondary N) is 1. The van der Waals surface area contributed by atoms with Crippen molar-refractivity contribution in [3.8, 4) is 11.5 Å². The van der Waals surface area contributed by atoms with Crippen molar-refractivity contribution in [3.05, 3.63) is 59.9 Å². The molecule has 1 fully saturated rings. The lowest BCUT2D eigenvalue weighted by molar-refractivity contribution is -0.126. The van der Waals surface area contributed by atoms with Gasteiger partial charge in [-0.15, -0.1) is 0 Å². The van der Waals surface area contributed by atoms with E-state index in [1.807, 2.05) is 47.4 Å². The molecule has 0 aliphatic carbocycles. The van der Waals surface area contributed by atoms with Gasteiger partial charge in [-0.3, -0.25) is 4.79 Å². The van der Waals surface area contributed by atoms with E-state index in [0.717, 1.165) is 41.8 Å². The number of fused-ring (bicyclic) bond motifs is 1. The first kappa shape index (κ1) is 18.1. The van der Waals surface area contributed by atoms with Gasteiger partial charge < -0.3 is 19.4 Å². The first-order chi connectivity index (χ1) is 13.7. The van der Waals surface area contributed by atoms with Crippen LogP contribution in [0.4, 0.5) is 0 Å². The van der Waals surface area contributed by atoms with Gasteiger partial charge in [-0.1, -0.05) is 18.2 Å². The molecular weight excluding hydrogens is 354 g/mol. The SMILES string of the molecule is COc1ccc(/C=C/C(=O)N2CCCC2c2nc3ccccc3[nH]2)cc1OC. The van der Waals surface area contributed by atoms with Gasteiger partial charge in [-0.05, 0) is 48.7 Å². The van der Waals surface area contributed by atoms with E-state index in [4.69, 9.17) is 9.47 Å². The van der Waals surface area contributed by atoms with Crippen LogP contribution in [0.1, 0.15) is 30.3 Å². The van der Waals surface area contributed by atoms with Crippen LogP contribution in [0, 0.1) is 0 Å². The maximum atomic E-state index is 12.8. The Morgan fingerprint density at radius 1 is 1.18 bits per heavy atom. The Bertz CT molecular complexity index is 992. The highest BCUT2D eigenvalue weighted by Crippen LogP contribution is 2.32. The lowest BCUT2D eigenvalue weighted by atomic mass is 10.1. The molecule has 6 nitrogen and oxygen atoms in total. The number of likely N-dealkylation sites (tertiary alicyclic amines) is 1. The molecule has 1 atom stereocenters. The summed E-state index contributed by atoms with van der Waals surface area (Å²) in [5.74, 6) is 2.14. The van der Waals surface area contributed by atoms with Crippen molar-refractivity contribution in [3.63, 3.8) is 0 Å². The highest BCUT2D eigenvalue weighted by molar-refractivity contribution is 5.92. The average Bonchev–Trinajstić information content (AvgIpc) is 3.38. The van der Waals surface area contributed by atoms with Crippen LogP contribution in [0.5, 0.6) is 11.5 Å². The molecule has 0 saturated carbocycles. The normalized spacial score (nSPS) is 16.8. The fourth-order valence-corrected chi connectivity index (χ4v) is 3.66. The van der Waals surface area contributed by atoms with Gasteiger partial charge in [0.05, 0.1) is 31.3 Å². The maximum Gasteiger partial charge on any atom is 0.247 e. The molecule has 1 aliphatic rings. The third-order valence-corrected chi connectivity index (χ3v) is 5.09. The number of methoxy groups -OCH3 is 2. The summed E-state index contributed by atoms with van der Waals surface area (Å²) >= 11 is 0. The summed E-state index contributed by atoms with van der Waals surface area (Å²) in [7, 11) is 3.20. The van der Waals surface area contributed by atoms with Crippen LogP contribution >= 0.6 is 0 Å². The predicted molar refractivity (Wildman–Crippen MR) is 108 cm³/mol. The summed E-state index contributed by atoms with van der Waals surface area (Å²) in [6.45, 7) is 0.733. The number of imidazole rings is 1. The van der Waals surface area contributed by atoms with Crippen molar-refractivity contribution in [2.45, 2.75) is 18.9 Å². The maximum absolute atomic E-state index is 12.8. The fourth-order valence-electron chi connectivity index (χ4n) is 3.66. The molecule has 1 aromatic heterocycles. The van der Waals surface area contributed by atoms with E-state index in [1.165, 1.54) is 0 Å². The Balaban J connectivity index is 1.53. The predicted octanol–water partition coefficient (Wildman–Crippen LogP) is 3.96. The van der Waals surface area contributed by atoms with Crippen LogP contribution in [0.25, 0.3) is 17.1 Å². The number of ether oxygens (including phenoxy) is 2. The van der Waals surface area contributed by atoms with E-state index < -0.39 is 0 Å². The average molecular weight is 377 g/mol. The molecule has 1 aliphatic heterocycles. The molecule has 6 heteroatoms. The van der Waals surface area contributed by atoms with E-state index in [2.05, 4.69) is 9.97 Å². The van der Waals surface area contributed by atoms with Crippen molar-refractivity contribution >= 4 is 23.0 Å². The Kier molecular flexibility index (Phi) is 5.02. The van der Waals surface area contributed by atoms with Crippen molar-refractivity contribution in [1.82, 2.24) is 14.9 Å². The number of rotatable bonds is 5. The largest absolute Gasteiger partial charge is 0.493 e. The van der Waals surface area contributed by atoms with Gasteiger partial charge in [-0.2, -0.15) is 0 Å². The van der Waals surface area contributed by atoms with Gasteiger partial charge in [-0.25, -0.2) is 4.98 Å². The van der Waals surface area contributed by atoms with Gasteiger partial charge in [0, 0.05) is 12.6 Å². The van der Waals surface area contributed by atoms with E-state index in [1.54, 1.807) is 26.4 Å². The summed E-state index contributed by atoms with van der Waals surface area (Å²) in [5, 5.41) is 0. The van der Waals surface area contributed by atoms with E-state index >= 15 is 0 Å². The van der Waals surface area contributed by atoms with E-state index in [-0.39, 0.29) is 11.9 Å². The lowest BCUT2D eigenvalue weighted by Gasteiger charge is -2.21. The van der Waals surface area contributed by atoms with Crippen LogP contribution in [0.3, 0.4) is 0 Å². The number of amides is 1. The molecule has 2 aromatic carbocycles. The minimum absolute atomic E-state index is 0.0160. The molecule has 1 saturated heterocycles. The Morgan fingerprint density at radius 3 is 2.79 bits per heavy atom. The number of H-pyrrole nitrogens is 1. The number of carbonyl (C=O) groups excluding carboxylic acids is 1. The van der Waals surface area contributed by atoms with Crippen molar-refractivity contribution in [1.29, 1.82) is 0 Å². The van der Waals surface area contributed by atoms with Gasteiger partial charge in [0.25, 0.3) is 0 Å². The molecule has 1 unspecified atom stereocenters. The standard InChI is InChI=1S/C22H23N3O3/c1-27-19-11-9-15(14-20(19)28-2)10-12-21(26)25-13-5-8-18(25)22-23-16-6-3-4-7-17(16)24-22/h3-4,6-7,9-12,14,18H,5,8,13H2,1-2H3,(H,23,24)/b12-10+. The van der Waals surface area contributed by atoms with Gasteiger partial charge in [0.1, 0.15) is 5.82 Å². The number of nitrogens with zero attached hydrogens (tertiary/aromatic N) is 2. The summed E-state index contributed by atoms with van der Waals surface area (Å²) in [6, 6.07) is 13.5. The monoisotopic (exact) mass is 377 g/mol. The second kappa shape index (κ2) is 7.76. The number of hydrogen-bond donors (Lipinski definition) is 1. The first-order valence-electron chi connectivity index (χ1n) is 9.35. The molecule has 28 heavy (non-hydrogen) atoms. The second-order valence-electron chi connectivity index (χ2n) is 6.78.